The molecule has 0 aliphatic rings. The van der Waals surface area contributed by atoms with Crippen LogP contribution in [0, 0.1) is 0 Å². The van der Waals surface area contributed by atoms with Crippen molar-refractivity contribution < 1.29 is 4.79 Å². The van der Waals surface area contributed by atoms with Gasteiger partial charge in [0.15, 0.2) is 0 Å². The number of hydrogen-bond acceptors (Lipinski definition) is 1. The predicted octanol–water partition coefficient (Wildman–Crippen LogP) is 4.80. The zero-order valence-corrected chi connectivity index (χ0v) is 12.3. The second-order valence-electron chi connectivity index (χ2n) is 4.20. The van der Waals surface area contributed by atoms with Crippen LogP contribution in [0.2, 0.25) is 5.02 Å². The van der Waals surface area contributed by atoms with Crippen LogP contribution < -0.4 is 0 Å². The second kappa shape index (κ2) is 8.71. The fraction of sp³-hybridized carbons (Fsp3) is 0.500. The molecular formula is C14H18BrClO. The van der Waals surface area contributed by atoms with Crippen LogP contribution in [-0.4, -0.2) is 11.1 Å². The zero-order valence-electron chi connectivity index (χ0n) is 9.92. The third kappa shape index (κ3) is 6.85. The van der Waals surface area contributed by atoms with E-state index in [2.05, 4.69) is 15.9 Å². The van der Waals surface area contributed by atoms with Crippen LogP contribution in [-0.2, 0) is 11.2 Å². The highest BCUT2D eigenvalue weighted by Gasteiger charge is 2.03. The van der Waals surface area contributed by atoms with Crippen molar-refractivity contribution in [1.29, 1.82) is 0 Å². The van der Waals surface area contributed by atoms with E-state index in [9.17, 15) is 4.79 Å². The molecule has 0 saturated carbocycles. The number of carbonyl (C=O) groups is 1. The minimum absolute atomic E-state index is 0.325. The molecule has 0 heterocycles. The van der Waals surface area contributed by atoms with Crippen molar-refractivity contribution in [1.82, 2.24) is 0 Å². The highest BCUT2D eigenvalue weighted by atomic mass is 79.9. The second-order valence-corrected chi connectivity index (χ2v) is 5.42. The Morgan fingerprint density at radius 1 is 1.06 bits per heavy atom. The van der Waals surface area contributed by atoms with Gasteiger partial charge in [-0.05, 0) is 30.5 Å². The van der Waals surface area contributed by atoms with Crippen molar-refractivity contribution in [2.45, 2.75) is 38.5 Å². The number of carbonyl (C=O) groups excluding carboxylic acids is 1. The summed E-state index contributed by atoms with van der Waals surface area (Å²) in [5, 5.41) is 1.78. The van der Waals surface area contributed by atoms with Crippen molar-refractivity contribution >= 4 is 33.3 Å². The SMILES string of the molecule is O=C(CCCCCCBr)Cc1ccc(Cl)cc1. The molecule has 94 valence electrons. The first kappa shape index (κ1) is 14.7. The number of ketones is 1. The van der Waals surface area contributed by atoms with E-state index in [1.807, 2.05) is 24.3 Å². The van der Waals surface area contributed by atoms with Gasteiger partial charge in [-0.1, -0.05) is 52.5 Å². The Labute approximate surface area is 117 Å². The van der Waals surface area contributed by atoms with Crippen LogP contribution >= 0.6 is 27.5 Å². The molecule has 3 heteroatoms. The fourth-order valence-corrected chi connectivity index (χ4v) is 2.21. The smallest absolute Gasteiger partial charge is 0.137 e. The molecule has 0 saturated heterocycles. The topological polar surface area (TPSA) is 17.1 Å². The van der Waals surface area contributed by atoms with E-state index in [-0.39, 0.29) is 0 Å². The molecule has 0 radical (unpaired) electrons. The number of halogens is 2. The number of unbranched alkanes of at least 4 members (excludes halogenated alkanes) is 3. The predicted molar refractivity (Wildman–Crippen MR) is 77.0 cm³/mol. The quantitative estimate of drug-likeness (QED) is 0.497. The van der Waals surface area contributed by atoms with Gasteiger partial charge in [0.25, 0.3) is 0 Å². The minimum Gasteiger partial charge on any atom is -0.299 e. The molecule has 17 heavy (non-hydrogen) atoms. The molecule has 0 N–H and O–H groups in total. The Morgan fingerprint density at radius 2 is 1.71 bits per heavy atom. The Hall–Kier alpha value is -0.340. The van der Waals surface area contributed by atoms with Gasteiger partial charge < -0.3 is 0 Å². The van der Waals surface area contributed by atoms with Gasteiger partial charge in [-0.3, -0.25) is 4.79 Å². The summed E-state index contributed by atoms with van der Waals surface area (Å²) >= 11 is 9.19. The zero-order chi connectivity index (χ0) is 12.5. The molecule has 0 aliphatic heterocycles. The van der Waals surface area contributed by atoms with E-state index >= 15 is 0 Å². The van der Waals surface area contributed by atoms with E-state index in [1.54, 1.807) is 0 Å². The van der Waals surface area contributed by atoms with Crippen molar-refractivity contribution in [3.8, 4) is 0 Å². The summed E-state index contributed by atoms with van der Waals surface area (Å²) < 4.78 is 0. The van der Waals surface area contributed by atoms with Crippen molar-refractivity contribution in [3.05, 3.63) is 34.9 Å². The molecule has 0 fully saturated rings. The van der Waals surface area contributed by atoms with Crippen LogP contribution in [0.4, 0.5) is 0 Å². The highest BCUT2D eigenvalue weighted by Crippen LogP contribution is 2.12. The van der Waals surface area contributed by atoms with Gasteiger partial charge in [-0.2, -0.15) is 0 Å². The molecule has 1 nitrogen and oxygen atoms in total. The van der Waals surface area contributed by atoms with Gasteiger partial charge >= 0.3 is 0 Å². The lowest BCUT2D eigenvalue weighted by atomic mass is 10.0. The molecule has 0 amide bonds. The third-order valence-electron chi connectivity index (χ3n) is 2.65. The summed E-state index contributed by atoms with van der Waals surface area (Å²) in [7, 11) is 0. The molecular weight excluding hydrogens is 300 g/mol. The maximum Gasteiger partial charge on any atom is 0.137 e. The summed E-state index contributed by atoms with van der Waals surface area (Å²) in [6.07, 6.45) is 5.81. The maximum absolute atomic E-state index is 11.7. The minimum atomic E-state index is 0.325. The Balaban J connectivity index is 2.18. The van der Waals surface area contributed by atoms with E-state index in [1.165, 1.54) is 12.8 Å². The summed E-state index contributed by atoms with van der Waals surface area (Å²) in [5.41, 5.74) is 1.06. The van der Waals surface area contributed by atoms with Crippen molar-refractivity contribution in [2.75, 3.05) is 5.33 Å². The Bertz CT molecular complexity index is 335. The summed E-state index contributed by atoms with van der Waals surface area (Å²) in [5.74, 6) is 0.325. The van der Waals surface area contributed by atoms with Crippen molar-refractivity contribution in [3.63, 3.8) is 0 Å². The van der Waals surface area contributed by atoms with E-state index in [0.29, 0.717) is 18.6 Å². The van der Waals surface area contributed by atoms with Gasteiger partial charge in [0.1, 0.15) is 5.78 Å². The van der Waals surface area contributed by atoms with Crippen LogP contribution in [0.25, 0.3) is 0 Å². The Kier molecular flexibility index (Phi) is 7.54. The van der Waals surface area contributed by atoms with Crippen LogP contribution in [0.1, 0.15) is 37.7 Å². The molecule has 0 bridgehead atoms. The lowest BCUT2D eigenvalue weighted by Crippen LogP contribution is -2.02. The molecule has 0 atom stereocenters. The number of benzene rings is 1. The average molecular weight is 318 g/mol. The first-order chi connectivity index (χ1) is 8.22. The van der Waals surface area contributed by atoms with Gasteiger partial charge in [0, 0.05) is 23.2 Å². The maximum atomic E-state index is 11.7. The number of rotatable bonds is 8. The third-order valence-corrected chi connectivity index (χ3v) is 3.47. The lowest BCUT2D eigenvalue weighted by Gasteiger charge is -2.02. The average Bonchev–Trinajstić information content (AvgIpc) is 2.32. The molecule has 0 aromatic heterocycles. The highest BCUT2D eigenvalue weighted by molar-refractivity contribution is 9.09. The summed E-state index contributed by atoms with van der Waals surface area (Å²) in [6.45, 7) is 0. The largest absolute Gasteiger partial charge is 0.299 e. The summed E-state index contributed by atoms with van der Waals surface area (Å²) in [4.78, 5) is 11.7. The normalized spacial score (nSPS) is 10.5. The summed E-state index contributed by atoms with van der Waals surface area (Å²) in [6, 6.07) is 7.51. The van der Waals surface area contributed by atoms with Crippen molar-refractivity contribution in [2.24, 2.45) is 0 Å². The number of hydrogen-bond donors (Lipinski definition) is 0. The lowest BCUT2D eigenvalue weighted by molar-refractivity contribution is -0.118. The van der Waals surface area contributed by atoms with Gasteiger partial charge in [-0.25, -0.2) is 0 Å². The van der Waals surface area contributed by atoms with E-state index in [0.717, 1.165) is 28.8 Å². The van der Waals surface area contributed by atoms with E-state index in [4.69, 9.17) is 11.6 Å². The number of Topliss-reactive ketones (excluding diaryl/α,β-unsaturated/α-hetero) is 1. The standard InChI is InChI=1S/C14H18BrClO/c15-10-4-2-1-3-5-14(17)11-12-6-8-13(16)9-7-12/h6-9H,1-5,10-11H2. The van der Waals surface area contributed by atoms with Gasteiger partial charge in [0.05, 0.1) is 0 Å². The van der Waals surface area contributed by atoms with Gasteiger partial charge in [-0.15, -0.1) is 0 Å². The molecule has 1 aromatic carbocycles. The fourth-order valence-electron chi connectivity index (χ4n) is 1.69. The molecule has 0 aliphatic carbocycles. The monoisotopic (exact) mass is 316 g/mol. The first-order valence-corrected chi connectivity index (χ1v) is 7.54. The molecule has 0 unspecified atom stereocenters. The van der Waals surface area contributed by atoms with Crippen LogP contribution in [0.3, 0.4) is 0 Å². The molecule has 1 rings (SSSR count). The van der Waals surface area contributed by atoms with Gasteiger partial charge in [0.2, 0.25) is 0 Å². The van der Waals surface area contributed by atoms with Crippen LogP contribution in [0.15, 0.2) is 24.3 Å². The Morgan fingerprint density at radius 3 is 2.35 bits per heavy atom. The molecule has 0 spiro atoms. The molecule has 1 aromatic rings. The number of alkyl halides is 1. The van der Waals surface area contributed by atoms with Crippen LogP contribution in [0.5, 0.6) is 0 Å². The van der Waals surface area contributed by atoms with E-state index < -0.39 is 0 Å². The first-order valence-electron chi connectivity index (χ1n) is 6.04.